The van der Waals surface area contributed by atoms with Crippen LogP contribution in [0.1, 0.15) is 58.8 Å². The average Bonchev–Trinajstić information content (AvgIpc) is 2.39. The molecule has 0 spiro atoms. The Kier molecular flexibility index (Phi) is 5.04. The number of likely N-dealkylation sites (tertiary alicyclic amines) is 1. The molecule has 3 heteroatoms. The molecular formula is C15H28N2O. The van der Waals surface area contributed by atoms with Crippen molar-refractivity contribution in [2.24, 2.45) is 5.92 Å². The Morgan fingerprint density at radius 3 is 2.56 bits per heavy atom. The maximum Gasteiger partial charge on any atom is 0.239 e. The number of carbonyl (C=O) groups is 1. The quantitative estimate of drug-likeness (QED) is 0.837. The van der Waals surface area contributed by atoms with Gasteiger partial charge in [0.15, 0.2) is 0 Å². The molecule has 2 unspecified atom stereocenters. The lowest BCUT2D eigenvalue weighted by Gasteiger charge is -2.36. The zero-order chi connectivity index (χ0) is 13.0. The molecule has 0 aromatic carbocycles. The van der Waals surface area contributed by atoms with Crippen molar-refractivity contribution in [3.8, 4) is 0 Å². The highest BCUT2D eigenvalue weighted by Gasteiger charge is 2.30. The molecule has 0 aromatic rings. The summed E-state index contributed by atoms with van der Waals surface area (Å²) in [4.78, 5) is 14.5. The van der Waals surface area contributed by atoms with Gasteiger partial charge in [-0.05, 0) is 44.9 Å². The molecule has 18 heavy (non-hydrogen) atoms. The van der Waals surface area contributed by atoms with E-state index in [1.165, 1.54) is 38.5 Å². The zero-order valence-corrected chi connectivity index (χ0v) is 12.0. The third-order valence-electron chi connectivity index (χ3n) is 4.54. The van der Waals surface area contributed by atoms with Crippen LogP contribution in [0.5, 0.6) is 0 Å². The molecule has 2 aliphatic heterocycles. The number of piperidine rings is 2. The Bertz CT molecular complexity index is 272. The normalized spacial score (nSPS) is 30.4. The molecule has 1 amide bonds. The largest absolute Gasteiger partial charge is 0.341 e. The van der Waals surface area contributed by atoms with Crippen LogP contribution in [0.4, 0.5) is 0 Å². The van der Waals surface area contributed by atoms with Gasteiger partial charge in [0.25, 0.3) is 0 Å². The van der Waals surface area contributed by atoms with Gasteiger partial charge in [0.1, 0.15) is 0 Å². The van der Waals surface area contributed by atoms with E-state index in [1.807, 2.05) is 0 Å². The molecule has 2 rings (SSSR count). The third kappa shape index (κ3) is 3.47. The van der Waals surface area contributed by atoms with E-state index in [0.717, 1.165) is 25.4 Å². The SMILES string of the molecule is CCCC1CCN(C(=O)C2CCCC(C)N2)CC1. The van der Waals surface area contributed by atoms with E-state index in [-0.39, 0.29) is 6.04 Å². The predicted octanol–water partition coefficient (Wildman–Crippen LogP) is 2.56. The predicted molar refractivity (Wildman–Crippen MR) is 74.4 cm³/mol. The summed E-state index contributed by atoms with van der Waals surface area (Å²) in [5.74, 6) is 1.22. The smallest absolute Gasteiger partial charge is 0.239 e. The van der Waals surface area contributed by atoms with Crippen molar-refractivity contribution in [2.45, 2.75) is 70.9 Å². The number of hydrogen-bond acceptors (Lipinski definition) is 2. The Morgan fingerprint density at radius 2 is 1.94 bits per heavy atom. The maximum absolute atomic E-state index is 12.4. The van der Waals surface area contributed by atoms with Gasteiger partial charge in [-0.15, -0.1) is 0 Å². The van der Waals surface area contributed by atoms with Gasteiger partial charge in [-0.3, -0.25) is 4.79 Å². The number of amides is 1. The Morgan fingerprint density at radius 1 is 1.22 bits per heavy atom. The van der Waals surface area contributed by atoms with Crippen LogP contribution in [-0.2, 0) is 4.79 Å². The Balaban J connectivity index is 1.80. The highest BCUT2D eigenvalue weighted by molar-refractivity contribution is 5.82. The van der Waals surface area contributed by atoms with Crippen molar-refractivity contribution < 1.29 is 4.79 Å². The second-order valence-electron chi connectivity index (χ2n) is 6.11. The summed E-state index contributed by atoms with van der Waals surface area (Å²) in [7, 11) is 0. The standard InChI is InChI=1S/C15H28N2O/c1-3-5-13-8-10-17(11-9-13)15(18)14-7-4-6-12(2)16-14/h12-14,16H,3-11H2,1-2H3. The van der Waals surface area contributed by atoms with Crippen LogP contribution >= 0.6 is 0 Å². The highest BCUT2D eigenvalue weighted by Crippen LogP contribution is 2.23. The fraction of sp³-hybridized carbons (Fsp3) is 0.933. The summed E-state index contributed by atoms with van der Waals surface area (Å²) in [5.41, 5.74) is 0. The molecule has 0 aliphatic carbocycles. The topological polar surface area (TPSA) is 32.3 Å². The monoisotopic (exact) mass is 252 g/mol. The molecule has 2 heterocycles. The van der Waals surface area contributed by atoms with Crippen LogP contribution < -0.4 is 5.32 Å². The van der Waals surface area contributed by atoms with Crippen molar-refractivity contribution in [3.63, 3.8) is 0 Å². The van der Waals surface area contributed by atoms with Crippen LogP contribution in [0.2, 0.25) is 0 Å². The molecule has 2 fully saturated rings. The average molecular weight is 252 g/mol. The maximum atomic E-state index is 12.4. The van der Waals surface area contributed by atoms with Gasteiger partial charge in [-0.25, -0.2) is 0 Å². The van der Waals surface area contributed by atoms with E-state index in [9.17, 15) is 4.79 Å². The van der Waals surface area contributed by atoms with E-state index < -0.39 is 0 Å². The number of nitrogens with one attached hydrogen (secondary N) is 1. The highest BCUT2D eigenvalue weighted by atomic mass is 16.2. The van der Waals surface area contributed by atoms with Gasteiger partial charge in [-0.1, -0.05) is 19.8 Å². The minimum absolute atomic E-state index is 0.0940. The first kappa shape index (κ1) is 13.9. The first-order valence-electron chi connectivity index (χ1n) is 7.75. The lowest BCUT2D eigenvalue weighted by Crippen LogP contribution is -2.53. The molecule has 0 radical (unpaired) electrons. The molecule has 104 valence electrons. The summed E-state index contributed by atoms with van der Waals surface area (Å²) in [5, 5.41) is 3.46. The summed E-state index contributed by atoms with van der Waals surface area (Å²) in [6.45, 7) is 6.41. The van der Waals surface area contributed by atoms with Gasteiger partial charge in [0, 0.05) is 19.1 Å². The minimum atomic E-state index is 0.0940. The van der Waals surface area contributed by atoms with Crippen molar-refractivity contribution in [2.75, 3.05) is 13.1 Å². The van der Waals surface area contributed by atoms with Crippen molar-refractivity contribution in [1.82, 2.24) is 10.2 Å². The van der Waals surface area contributed by atoms with E-state index >= 15 is 0 Å². The van der Waals surface area contributed by atoms with Crippen molar-refractivity contribution >= 4 is 5.91 Å². The fourth-order valence-electron chi connectivity index (χ4n) is 3.40. The third-order valence-corrected chi connectivity index (χ3v) is 4.54. The first-order valence-corrected chi connectivity index (χ1v) is 7.75. The van der Waals surface area contributed by atoms with Crippen LogP contribution in [0, 0.1) is 5.92 Å². The number of rotatable bonds is 3. The van der Waals surface area contributed by atoms with Crippen LogP contribution in [-0.4, -0.2) is 36.0 Å². The Hall–Kier alpha value is -0.570. The van der Waals surface area contributed by atoms with Gasteiger partial charge < -0.3 is 10.2 Å². The second kappa shape index (κ2) is 6.55. The molecule has 0 aromatic heterocycles. The molecular weight excluding hydrogens is 224 g/mol. The fourth-order valence-corrected chi connectivity index (χ4v) is 3.40. The number of hydrogen-bond donors (Lipinski definition) is 1. The summed E-state index contributed by atoms with van der Waals surface area (Å²) < 4.78 is 0. The van der Waals surface area contributed by atoms with Crippen LogP contribution in [0.25, 0.3) is 0 Å². The van der Waals surface area contributed by atoms with Gasteiger partial charge >= 0.3 is 0 Å². The van der Waals surface area contributed by atoms with E-state index in [4.69, 9.17) is 0 Å². The molecule has 2 aliphatic rings. The second-order valence-corrected chi connectivity index (χ2v) is 6.11. The van der Waals surface area contributed by atoms with Gasteiger partial charge in [0.05, 0.1) is 6.04 Å². The van der Waals surface area contributed by atoms with E-state index in [0.29, 0.717) is 11.9 Å². The molecule has 0 saturated carbocycles. The number of nitrogens with zero attached hydrogens (tertiary/aromatic N) is 1. The molecule has 1 N–H and O–H groups in total. The van der Waals surface area contributed by atoms with E-state index in [1.54, 1.807) is 0 Å². The molecule has 2 atom stereocenters. The summed E-state index contributed by atoms with van der Waals surface area (Å²) >= 11 is 0. The van der Waals surface area contributed by atoms with Crippen LogP contribution in [0.15, 0.2) is 0 Å². The van der Waals surface area contributed by atoms with E-state index in [2.05, 4.69) is 24.1 Å². The van der Waals surface area contributed by atoms with Crippen LogP contribution in [0.3, 0.4) is 0 Å². The first-order chi connectivity index (χ1) is 8.70. The minimum Gasteiger partial charge on any atom is -0.341 e. The lowest BCUT2D eigenvalue weighted by molar-refractivity contribution is -0.135. The Labute approximate surface area is 111 Å². The van der Waals surface area contributed by atoms with Gasteiger partial charge in [-0.2, -0.15) is 0 Å². The molecule has 2 saturated heterocycles. The number of carbonyl (C=O) groups excluding carboxylic acids is 1. The van der Waals surface area contributed by atoms with Gasteiger partial charge in [0.2, 0.25) is 5.91 Å². The lowest BCUT2D eigenvalue weighted by atomic mass is 9.91. The molecule has 0 bridgehead atoms. The zero-order valence-electron chi connectivity index (χ0n) is 12.0. The summed E-state index contributed by atoms with van der Waals surface area (Å²) in [6.07, 6.45) is 8.46. The summed E-state index contributed by atoms with van der Waals surface area (Å²) in [6, 6.07) is 0.599. The molecule has 3 nitrogen and oxygen atoms in total. The van der Waals surface area contributed by atoms with Crippen molar-refractivity contribution in [1.29, 1.82) is 0 Å². The van der Waals surface area contributed by atoms with Crippen molar-refractivity contribution in [3.05, 3.63) is 0 Å².